The zero-order valence-electron chi connectivity index (χ0n) is 10.4. The Kier molecular flexibility index (Phi) is 4.25. The van der Waals surface area contributed by atoms with Gasteiger partial charge in [0, 0.05) is 12.7 Å². The molecule has 0 bridgehead atoms. The minimum atomic E-state index is -0.348. The summed E-state index contributed by atoms with van der Waals surface area (Å²) in [5, 5.41) is 0. The van der Waals surface area contributed by atoms with E-state index < -0.39 is 0 Å². The van der Waals surface area contributed by atoms with Gasteiger partial charge in [0.15, 0.2) is 0 Å². The van der Waals surface area contributed by atoms with Crippen molar-refractivity contribution in [1.82, 2.24) is 9.88 Å². The summed E-state index contributed by atoms with van der Waals surface area (Å²) >= 11 is 0. The molecule has 0 radical (unpaired) electrons. The van der Waals surface area contributed by atoms with E-state index in [2.05, 4.69) is 4.98 Å². The van der Waals surface area contributed by atoms with Crippen LogP contribution in [0, 0.1) is 5.82 Å². The second kappa shape index (κ2) is 5.91. The van der Waals surface area contributed by atoms with Crippen molar-refractivity contribution in [2.45, 2.75) is 32.4 Å². The molecule has 98 valence electrons. The SMILES string of the molecule is CCOC(=O)C1CCCN1Cc1cncc(F)c1. The quantitative estimate of drug-likeness (QED) is 0.766. The van der Waals surface area contributed by atoms with Crippen molar-refractivity contribution in [1.29, 1.82) is 0 Å². The second-order valence-electron chi connectivity index (χ2n) is 4.39. The van der Waals surface area contributed by atoms with Gasteiger partial charge in [-0.3, -0.25) is 14.7 Å². The van der Waals surface area contributed by atoms with Crippen LogP contribution in [0.15, 0.2) is 18.5 Å². The molecule has 1 unspecified atom stereocenters. The van der Waals surface area contributed by atoms with Crippen LogP contribution in [0.1, 0.15) is 25.3 Å². The number of ether oxygens (including phenoxy) is 1. The van der Waals surface area contributed by atoms with E-state index in [4.69, 9.17) is 4.74 Å². The number of hydrogen-bond donors (Lipinski definition) is 0. The Morgan fingerprint density at radius 2 is 2.44 bits per heavy atom. The molecule has 2 rings (SSSR count). The molecule has 0 spiro atoms. The summed E-state index contributed by atoms with van der Waals surface area (Å²) in [5.74, 6) is -0.529. The average molecular weight is 252 g/mol. The van der Waals surface area contributed by atoms with E-state index in [0.29, 0.717) is 13.2 Å². The fourth-order valence-electron chi connectivity index (χ4n) is 2.30. The van der Waals surface area contributed by atoms with Crippen molar-refractivity contribution in [3.63, 3.8) is 0 Å². The standard InChI is InChI=1S/C13H17FN2O2/c1-2-18-13(17)12-4-3-5-16(12)9-10-6-11(14)8-15-7-10/h6-8,12H,2-5,9H2,1H3. The van der Waals surface area contributed by atoms with Gasteiger partial charge >= 0.3 is 5.97 Å². The Morgan fingerprint density at radius 1 is 1.61 bits per heavy atom. The lowest BCUT2D eigenvalue weighted by atomic mass is 10.2. The van der Waals surface area contributed by atoms with Crippen molar-refractivity contribution in [2.24, 2.45) is 0 Å². The van der Waals surface area contributed by atoms with Crippen LogP contribution in [0.25, 0.3) is 0 Å². The fourth-order valence-corrected chi connectivity index (χ4v) is 2.30. The fraction of sp³-hybridized carbons (Fsp3) is 0.538. The number of carbonyl (C=O) groups is 1. The third kappa shape index (κ3) is 3.04. The lowest BCUT2D eigenvalue weighted by Gasteiger charge is -2.22. The first-order chi connectivity index (χ1) is 8.70. The molecule has 0 aliphatic carbocycles. The summed E-state index contributed by atoms with van der Waals surface area (Å²) in [7, 11) is 0. The maximum atomic E-state index is 13.0. The summed E-state index contributed by atoms with van der Waals surface area (Å²) in [6.07, 6.45) is 4.58. The van der Waals surface area contributed by atoms with Crippen LogP contribution in [0.4, 0.5) is 4.39 Å². The number of aromatic nitrogens is 1. The molecule has 0 aromatic carbocycles. The number of rotatable bonds is 4. The maximum Gasteiger partial charge on any atom is 0.323 e. The van der Waals surface area contributed by atoms with Gasteiger partial charge in [-0.15, -0.1) is 0 Å². The molecule has 0 amide bonds. The van der Waals surface area contributed by atoms with E-state index in [1.807, 2.05) is 4.90 Å². The molecule has 4 nitrogen and oxygen atoms in total. The summed E-state index contributed by atoms with van der Waals surface area (Å²) in [6.45, 7) is 3.56. The highest BCUT2D eigenvalue weighted by atomic mass is 19.1. The Morgan fingerprint density at radius 3 is 3.17 bits per heavy atom. The van der Waals surface area contributed by atoms with Crippen LogP contribution in [0.5, 0.6) is 0 Å². The number of hydrogen-bond acceptors (Lipinski definition) is 4. The normalized spacial score (nSPS) is 20.0. The highest BCUT2D eigenvalue weighted by Gasteiger charge is 2.31. The first-order valence-electron chi connectivity index (χ1n) is 6.21. The van der Waals surface area contributed by atoms with Crippen LogP contribution in [0.2, 0.25) is 0 Å². The summed E-state index contributed by atoms with van der Waals surface area (Å²) in [5.41, 5.74) is 0.784. The maximum absolute atomic E-state index is 13.0. The number of carbonyl (C=O) groups excluding carboxylic acids is 1. The molecule has 0 saturated carbocycles. The van der Waals surface area contributed by atoms with Crippen LogP contribution in [-0.4, -0.2) is 35.0 Å². The largest absolute Gasteiger partial charge is 0.465 e. The smallest absolute Gasteiger partial charge is 0.323 e. The zero-order chi connectivity index (χ0) is 13.0. The molecule has 0 N–H and O–H groups in total. The summed E-state index contributed by atoms with van der Waals surface area (Å²) in [6, 6.07) is 1.25. The molecule has 1 aromatic heterocycles. The predicted molar refractivity (Wildman–Crippen MR) is 64.3 cm³/mol. The minimum Gasteiger partial charge on any atom is -0.465 e. The molecule has 5 heteroatoms. The van der Waals surface area contributed by atoms with Gasteiger partial charge in [-0.2, -0.15) is 0 Å². The predicted octanol–water partition coefficient (Wildman–Crippen LogP) is 1.75. The molecule has 18 heavy (non-hydrogen) atoms. The monoisotopic (exact) mass is 252 g/mol. The van der Waals surface area contributed by atoms with Crippen molar-refractivity contribution in [3.8, 4) is 0 Å². The van der Waals surface area contributed by atoms with Gasteiger partial charge in [-0.1, -0.05) is 0 Å². The molecule has 1 atom stereocenters. The van der Waals surface area contributed by atoms with E-state index >= 15 is 0 Å². The Bertz CT molecular complexity index is 425. The van der Waals surface area contributed by atoms with Gasteiger partial charge in [-0.25, -0.2) is 4.39 Å². The molecular weight excluding hydrogens is 235 g/mol. The summed E-state index contributed by atoms with van der Waals surface area (Å²) in [4.78, 5) is 17.6. The highest BCUT2D eigenvalue weighted by molar-refractivity contribution is 5.76. The van der Waals surface area contributed by atoms with Crippen molar-refractivity contribution in [2.75, 3.05) is 13.2 Å². The van der Waals surface area contributed by atoms with Gasteiger partial charge in [0.25, 0.3) is 0 Å². The number of esters is 1. The van der Waals surface area contributed by atoms with Crippen LogP contribution >= 0.6 is 0 Å². The molecular formula is C13H17FN2O2. The number of halogens is 1. The van der Waals surface area contributed by atoms with Gasteiger partial charge in [0.2, 0.25) is 0 Å². The highest BCUT2D eigenvalue weighted by Crippen LogP contribution is 2.21. The second-order valence-corrected chi connectivity index (χ2v) is 4.39. The Labute approximate surface area is 106 Å². The van der Waals surface area contributed by atoms with Crippen molar-refractivity contribution in [3.05, 3.63) is 29.8 Å². The van der Waals surface area contributed by atoms with Crippen molar-refractivity contribution < 1.29 is 13.9 Å². The molecule has 2 heterocycles. The molecule has 1 saturated heterocycles. The Balaban J connectivity index is 2.01. The first-order valence-corrected chi connectivity index (χ1v) is 6.21. The lowest BCUT2D eigenvalue weighted by molar-refractivity contribution is -0.148. The van der Waals surface area contributed by atoms with E-state index in [-0.39, 0.29) is 17.8 Å². The summed E-state index contributed by atoms with van der Waals surface area (Å²) < 4.78 is 18.1. The number of nitrogens with zero attached hydrogens (tertiary/aromatic N) is 2. The third-order valence-electron chi connectivity index (χ3n) is 3.07. The van der Waals surface area contributed by atoms with Gasteiger partial charge in [-0.05, 0) is 37.9 Å². The molecule has 1 fully saturated rings. The first kappa shape index (κ1) is 13.0. The average Bonchev–Trinajstić information content (AvgIpc) is 2.77. The van der Waals surface area contributed by atoms with Crippen LogP contribution in [-0.2, 0) is 16.1 Å². The van der Waals surface area contributed by atoms with E-state index in [1.54, 1.807) is 13.1 Å². The van der Waals surface area contributed by atoms with Crippen molar-refractivity contribution >= 4 is 5.97 Å². The molecule has 1 aliphatic rings. The third-order valence-corrected chi connectivity index (χ3v) is 3.07. The lowest BCUT2D eigenvalue weighted by Crippen LogP contribution is -2.36. The molecule has 1 aliphatic heterocycles. The minimum absolute atomic E-state index is 0.181. The zero-order valence-corrected chi connectivity index (χ0v) is 10.4. The van der Waals surface area contributed by atoms with Gasteiger partial charge in [0.05, 0.1) is 12.8 Å². The van der Waals surface area contributed by atoms with Gasteiger partial charge in [0.1, 0.15) is 11.9 Å². The van der Waals surface area contributed by atoms with Crippen LogP contribution in [0.3, 0.4) is 0 Å². The topological polar surface area (TPSA) is 42.4 Å². The van der Waals surface area contributed by atoms with Gasteiger partial charge < -0.3 is 4.74 Å². The Hall–Kier alpha value is -1.49. The van der Waals surface area contributed by atoms with E-state index in [1.165, 1.54) is 12.3 Å². The number of pyridine rings is 1. The van der Waals surface area contributed by atoms with Crippen LogP contribution < -0.4 is 0 Å². The number of likely N-dealkylation sites (tertiary alicyclic amines) is 1. The van der Waals surface area contributed by atoms with E-state index in [0.717, 1.165) is 24.9 Å². The molecule has 1 aromatic rings. The van der Waals surface area contributed by atoms with E-state index in [9.17, 15) is 9.18 Å².